The zero-order valence-corrected chi connectivity index (χ0v) is 14.8. The molecular weight excluding hydrogens is 342 g/mol. The van der Waals surface area contributed by atoms with Crippen LogP contribution in [0.2, 0.25) is 0 Å². The van der Waals surface area contributed by atoms with Crippen LogP contribution in [0.3, 0.4) is 0 Å². The van der Waals surface area contributed by atoms with E-state index in [0.29, 0.717) is 36.9 Å². The standard InChI is InChI=1S/C13H19N5O3S.ClH/c1-9-12(10(2)21-16-9)22(19,20)18-7-4-14-8-11(18)13-15-5-6-17(13)3;/h5-6,11,14H,4,7-8H2,1-3H3;1H. The highest BCUT2D eigenvalue weighted by atomic mass is 35.5. The minimum Gasteiger partial charge on any atom is -0.360 e. The van der Waals surface area contributed by atoms with Crippen LogP contribution in [0.1, 0.15) is 23.3 Å². The van der Waals surface area contributed by atoms with Crippen LogP contribution in [0.15, 0.2) is 21.8 Å². The molecule has 8 nitrogen and oxygen atoms in total. The lowest BCUT2D eigenvalue weighted by atomic mass is 10.2. The highest BCUT2D eigenvalue weighted by Gasteiger charge is 2.39. The smallest absolute Gasteiger partial charge is 0.249 e. The van der Waals surface area contributed by atoms with Crippen LogP contribution in [0.5, 0.6) is 0 Å². The van der Waals surface area contributed by atoms with Crippen molar-refractivity contribution in [2.45, 2.75) is 24.8 Å². The van der Waals surface area contributed by atoms with Crippen molar-refractivity contribution >= 4 is 22.4 Å². The van der Waals surface area contributed by atoms with Gasteiger partial charge in [-0.2, -0.15) is 4.31 Å². The maximum atomic E-state index is 13.1. The van der Waals surface area contributed by atoms with Gasteiger partial charge in [-0.25, -0.2) is 13.4 Å². The first kappa shape index (κ1) is 17.9. The van der Waals surface area contributed by atoms with Gasteiger partial charge in [-0.05, 0) is 13.8 Å². The van der Waals surface area contributed by atoms with Crippen LogP contribution >= 0.6 is 12.4 Å². The maximum Gasteiger partial charge on any atom is 0.249 e. The van der Waals surface area contributed by atoms with Crippen LogP contribution in [0, 0.1) is 13.8 Å². The number of imidazole rings is 1. The lowest BCUT2D eigenvalue weighted by molar-refractivity contribution is 0.258. The third kappa shape index (κ3) is 3.01. The van der Waals surface area contributed by atoms with Crippen molar-refractivity contribution < 1.29 is 12.9 Å². The molecule has 1 saturated heterocycles. The molecular formula is C13H20ClN5O3S. The van der Waals surface area contributed by atoms with Crippen LogP contribution in [-0.2, 0) is 17.1 Å². The topological polar surface area (TPSA) is 93.3 Å². The first-order valence-electron chi connectivity index (χ1n) is 7.05. The van der Waals surface area contributed by atoms with Gasteiger partial charge in [0, 0.05) is 39.1 Å². The molecule has 3 heterocycles. The van der Waals surface area contributed by atoms with E-state index in [9.17, 15) is 8.42 Å². The molecule has 0 spiro atoms. The van der Waals surface area contributed by atoms with Gasteiger partial charge in [0.1, 0.15) is 16.4 Å². The molecule has 0 radical (unpaired) electrons. The minimum absolute atomic E-state index is 0. The predicted molar refractivity (Wildman–Crippen MR) is 85.9 cm³/mol. The molecule has 2 aromatic heterocycles. The van der Waals surface area contributed by atoms with Crippen molar-refractivity contribution in [1.82, 2.24) is 24.3 Å². The predicted octanol–water partition coefficient (Wildman–Crippen LogP) is 0.782. The monoisotopic (exact) mass is 361 g/mol. The normalized spacial score (nSPS) is 19.5. The molecule has 0 amide bonds. The first-order valence-corrected chi connectivity index (χ1v) is 8.49. The fraction of sp³-hybridized carbons (Fsp3) is 0.538. The average molecular weight is 362 g/mol. The largest absolute Gasteiger partial charge is 0.360 e. The number of hydrogen-bond donors (Lipinski definition) is 1. The second kappa shape index (κ2) is 6.60. The number of rotatable bonds is 3. The number of sulfonamides is 1. The van der Waals surface area contributed by atoms with E-state index in [1.807, 2.05) is 17.8 Å². The summed E-state index contributed by atoms with van der Waals surface area (Å²) in [4.78, 5) is 4.47. The van der Waals surface area contributed by atoms with Crippen LogP contribution in [0.4, 0.5) is 0 Å². The van der Waals surface area contributed by atoms with Crippen molar-refractivity contribution in [3.8, 4) is 0 Å². The Bertz CT molecular complexity index is 766. The molecule has 1 atom stereocenters. The summed E-state index contributed by atoms with van der Waals surface area (Å²) >= 11 is 0. The number of nitrogens with one attached hydrogen (secondary N) is 1. The molecule has 128 valence electrons. The third-order valence-corrected chi connectivity index (χ3v) is 6.04. The molecule has 1 N–H and O–H groups in total. The number of halogens is 1. The van der Waals surface area contributed by atoms with Gasteiger partial charge in [0.05, 0.1) is 6.04 Å². The Labute approximate surface area is 141 Å². The second-order valence-electron chi connectivity index (χ2n) is 5.39. The van der Waals surface area contributed by atoms with E-state index in [1.54, 1.807) is 20.0 Å². The van der Waals surface area contributed by atoms with Crippen molar-refractivity contribution in [1.29, 1.82) is 0 Å². The summed E-state index contributed by atoms with van der Waals surface area (Å²) in [6, 6.07) is -0.354. The summed E-state index contributed by atoms with van der Waals surface area (Å²) in [5, 5.41) is 6.99. The van der Waals surface area contributed by atoms with Gasteiger partial charge in [-0.1, -0.05) is 5.16 Å². The first-order chi connectivity index (χ1) is 10.4. The molecule has 0 aromatic carbocycles. The highest BCUT2D eigenvalue weighted by molar-refractivity contribution is 7.89. The van der Waals surface area contributed by atoms with Crippen molar-refractivity contribution in [3.63, 3.8) is 0 Å². The molecule has 0 aliphatic carbocycles. The van der Waals surface area contributed by atoms with Crippen LogP contribution in [0.25, 0.3) is 0 Å². The van der Waals surface area contributed by atoms with Gasteiger partial charge in [0.25, 0.3) is 0 Å². The van der Waals surface area contributed by atoms with Gasteiger partial charge >= 0.3 is 0 Å². The second-order valence-corrected chi connectivity index (χ2v) is 7.21. The molecule has 1 unspecified atom stereocenters. The molecule has 1 aliphatic heterocycles. The summed E-state index contributed by atoms with van der Waals surface area (Å²) < 4.78 is 34.5. The van der Waals surface area contributed by atoms with E-state index >= 15 is 0 Å². The SMILES string of the molecule is Cc1noc(C)c1S(=O)(=O)N1CCNCC1c1nccn1C.Cl. The summed E-state index contributed by atoms with van der Waals surface area (Å²) in [6.07, 6.45) is 3.48. The molecule has 0 bridgehead atoms. The van der Waals surface area contributed by atoms with Crippen LogP contribution in [-0.4, -0.2) is 47.1 Å². The lowest BCUT2D eigenvalue weighted by Crippen LogP contribution is -2.49. The van der Waals surface area contributed by atoms with Crippen LogP contribution < -0.4 is 5.32 Å². The van der Waals surface area contributed by atoms with Gasteiger partial charge in [-0.15, -0.1) is 12.4 Å². The summed E-state index contributed by atoms with van der Waals surface area (Å²) in [6.45, 7) is 4.76. The zero-order valence-electron chi connectivity index (χ0n) is 13.2. The summed E-state index contributed by atoms with van der Waals surface area (Å²) in [5.41, 5.74) is 0.384. The Morgan fingerprint density at radius 2 is 2.13 bits per heavy atom. The number of aryl methyl sites for hydroxylation is 3. The van der Waals surface area contributed by atoms with E-state index in [1.165, 1.54) is 4.31 Å². The molecule has 0 saturated carbocycles. The zero-order chi connectivity index (χ0) is 15.9. The molecule has 1 aliphatic rings. The van der Waals surface area contributed by atoms with Gasteiger partial charge in [0.15, 0.2) is 5.76 Å². The summed E-state index contributed by atoms with van der Waals surface area (Å²) in [5.74, 6) is 1.03. The number of hydrogen-bond acceptors (Lipinski definition) is 6. The van der Waals surface area contributed by atoms with E-state index in [0.717, 1.165) is 0 Å². The van der Waals surface area contributed by atoms with E-state index in [-0.39, 0.29) is 23.3 Å². The van der Waals surface area contributed by atoms with Gasteiger partial charge < -0.3 is 14.4 Å². The molecule has 23 heavy (non-hydrogen) atoms. The number of piperazine rings is 1. The fourth-order valence-electron chi connectivity index (χ4n) is 2.85. The van der Waals surface area contributed by atoms with Gasteiger partial charge in [-0.3, -0.25) is 0 Å². The molecule has 10 heteroatoms. The van der Waals surface area contributed by atoms with E-state index < -0.39 is 10.0 Å². The third-order valence-electron chi connectivity index (χ3n) is 3.89. The summed E-state index contributed by atoms with van der Waals surface area (Å²) in [7, 11) is -1.83. The molecule has 3 rings (SSSR count). The number of nitrogens with zero attached hydrogens (tertiary/aromatic N) is 4. The average Bonchev–Trinajstić information content (AvgIpc) is 3.05. The Balaban J connectivity index is 0.00000192. The Kier molecular flexibility index (Phi) is 5.14. The Hall–Kier alpha value is -1.42. The Morgan fingerprint density at radius 1 is 1.39 bits per heavy atom. The van der Waals surface area contributed by atoms with E-state index in [4.69, 9.17) is 4.52 Å². The quantitative estimate of drug-likeness (QED) is 0.868. The van der Waals surface area contributed by atoms with Crippen molar-refractivity contribution in [2.24, 2.45) is 7.05 Å². The lowest BCUT2D eigenvalue weighted by Gasteiger charge is -2.34. The van der Waals surface area contributed by atoms with Crippen molar-refractivity contribution in [3.05, 3.63) is 29.7 Å². The van der Waals surface area contributed by atoms with E-state index in [2.05, 4.69) is 15.5 Å². The highest BCUT2D eigenvalue weighted by Crippen LogP contribution is 2.30. The minimum atomic E-state index is -3.69. The molecule has 1 fully saturated rings. The number of aromatic nitrogens is 3. The van der Waals surface area contributed by atoms with Crippen molar-refractivity contribution in [2.75, 3.05) is 19.6 Å². The fourth-order valence-corrected chi connectivity index (χ4v) is 4.73. The Morgan fingerprint density at radius 3 is 2.70 bits per heavy atom. The maximum absolute atomic E-state index is 13.1. The van der Waals surface area contributed by atoms with Gasteiger partial charge in [0.2, 0.25) is 10.0 Å². The molecule has 2 aromatic rings.